The second kappa shape index (κ2) is 10.9. The highest BCUT2D eigenvalue weighted by atomic mass is 16.2. The van der Waals surface area contributed by atoms with Crippen molar-refractivity contribution in [1.29, 1.82) is 0 Å². The van der Waals surface area contributed by atoms with Crippen LogP contribution in [-0.2, 0) is 19.9 Å². The number of aromatic nitrogens is 2. The molecule has 3 rings (SSSR count). The molecule has 0 radical (unpaired) electrons. The van der Waals surface area contributed by atoms with E-state index in [1.54, 1.807) is 30.9 Å². The number of nitrogens with one attached hydrogen (secondary N) is 3. The number of benzene rings is 1. The number of hydrogen-bond donors (Lipinski definition) is 4. The number of carbonyl (C=O) groups excluding carboxylic acids is 3. The van der Waals surface area contributed by atoms with Crippen molar-refractivity contribution in [3.05, 3.63) is 48.4 Å². The summed E-state index contributed by atoms with van der Waals surface area (Å²) < 4.78 is 1.76. The van der Waals surface area contributed by atoms with Gasteiger partial charge in [0.2, 0.25) is 11.8 Å². The van der Waals surface area contributed by atoms with Crippen LogP contribution in [0.15, 0.2) is 42.9 Å². The summed E-state index contributed by atoms with van der Waals surface area (Å²) in [6.07, 6.45) is 8.14. The molecular weight excluding hydrogens is 432 g/mol. The van der Waals surface area contributed by atoms with Gasteiger partial charge in [0.05, 0.1) is 11.9 Å². The van der Waals surface area contributed by atoms with Crippen LogP contribution in [0.25, 0.3) is 0 Å². The molecule has 2 unspecified atom stereocenters. The molecule has 0 aliphatic carbocycles. The summed E-state index contributed by atoms with van der Waals surface area (Å²) in [6, 6.07) is 8.74. The van der Waals surface area contributed by atoms with E-state index >= 15 is 0 Å². The number of nitrogens with zero attached hydrogens (tertiary/aromatic N) is 2. The Bertz CT molecular complexity index is 978. The molecule has 0 spiro atoms. The zero-order valence-corrected chi connectivity index (χ0v) is 20.2. The highest BCUT2D eigenvalue weighted by molar-refractivity contribution is 5.97. The lowest BCUT2D eigenvalue weighted by molar-refractivity contribution is -0.129. The summed E-state index contributed by atoms with van der Waals surface area (Å²) in [7, 11) is 0. The van der Waals surface area contributed by atoms with E-state index in [0.717, 1.165) is 44.1 Å². The molecule has 1 aliphatic rings. The third-order valence-electron chi connectivity index (χ3n) is 6.32. The first-order valence-electron chi connectivity index (χ1n) is 11.9. The summed E-state index contributed by atoms with van der Waals surface area (Å²) in [5.41, 5.74) is 4.65. The SMILES string of the molecule is CCCC[C@@H](NC(=O)C(C)(C)N)C(=O)Nc1cn(C(C=O)(c2ccccc2)C2CCCN2)cn1. The second-order valence-electron chi connectivity index (χ2n) is 9.50. The lowest BCUT2D eigenvalue weighted by Crippen LogP contribution is -2.54. The average Bonchev–Trinajstić information content (AvgIpc) is 3.51. The van der Waals surface area contributed by atoms with Crippen molar-refractivity contribution in [3.8, 4) is 0 Å². The third-order valence-corrected chi connectivity index (χ3v) is 6.32. The normalized spacial score (nSPS) is 18.6. The Labute approximate surface area is 200 Å². The van der Waals surface area contributed by atoms with Gasteiger partial charge in [-0.05, 0) is 45.2 Å². The lowest BCUT2D eigenvalue weighted by atomic mass is 9.82. The van der Waals surface area contributed by atoms with Crippen molar-refractivity contribution in [3.63, 3.8) is 0 Å². The van der Waals surface area contributed by atoms with Crippen LogP contribution in [-0.4, -0.2) is 51.8 Å². The fourth-order valence-corrected chi connectivity index (χ4v) is 4.33. The number of hydrogen-bond acceptors (Lipinski definition) is 6. The molecule has 1 aromatic carbocycles. The Hall–Kier alpha value is -3.04. The van der Waals surface area contributed by atoms with Gasteiger partial charge < -0.3 is 31.0 Å². The van der Waals surface area contributed by atoms with Crippen molar-refractivity contribution in [2.24, 2.45) is 5.73 Å². The number of nitrogens with two attached hydrogens (primary N) is 1. The lowest BCUT2D eigenvalue weighted by Gasteiger charge is -2.36. The van der Waals surface area contributed by atoms with E-state index in [1.807, 2.05) is 37.3 Å². The van der Waals surface area contributed by atoms with E-state index in [-0.39, 0.29) is 11.9 Å². The van der Waals surface area contributed by atoms with Crippen LogP contribution in [0.5, 0.6) is 0 Å². The Morgan fingerprint density at radius 3 is 2.65 bits per heavy atom. The highest BCUT2D eigenvalue weighted by Gasteiger charge is 2.43. The first-order chi connectivity index (χ1) is 16.2. The molecule has 3 atom stereocenters. The number of rotatable bonds is 11. The number of aldehydes is 1. The van der Waals surface area contributed by atoms with Crippen molar-refractivity contribution in [1.82, 2.24) is 20.2 Å². The second-order valence-corrected chi connectivity index (χ2v) is 9.50. The fourth-order valence-electron chi connectivity index (χ4n) is 4.33. The molecule has 1 aromatic heterocycles. The van der Waals surface area contributed by atoms with Gasteiger partial charge >= 0.3 is 0 Å². The maximum Gasteiger partial charge on any atom is 0.248 e. The Morgan fingerprint density at radius 1 is 1.32 bits per heavy atom. The van der Waals surface area contributed by atoms with Crippen molar-refractivity contribution >= 4 is 23.9 Å². The number of amides is 2. The molecule has 0 bridgehead atoms. The molecule has 2 heterocycles. The Kier molecular flexibility index (Phi) is 8.22. The Morgan fingerprint density at radius 2 is 2.06 bits per heavy atom. The van der Waals surface area contributed by atoms with E-state index < -0.39 is 23.0 Å². The minimum absolute atomic E-state index is 0.103. The van der Waals surface area contributed by atoms with Gasteiger partial charge in [-0.25, -0.2) is 4.98 Å². The summed E-state index contributed by atoms with van der Waals surface area (Å²) in [5, 5.41) is 9.00. The van der Waals surface area contributed by atoms with Crippen LogP contribution in [0.4, 0.5) is 5.82 Å². The van der Waals surface area contributed by atoms with E-state index in [9.17, 15) is 14.4 Å². The maximum atomic E-state index is 13.0. The van der Waals surface area contributed by atoms with Crippen molar-refractivity contribution in [2.75, 3.05) is 11.9 Å². The van der Waals surface area contributed by atoms with Crippen LogP contribution < -0.4 is 21.7 Å². The van der Waals surface area contributed by atoms with E-state index in [2.05, 4.69) is 20.9 Å². The summed E-state index contributed by atoms with van der Waals surface area (Å²) in [4.78, 5) is 42.4. The molecule has 34 heavy (non-hydrogen) atoms. The third kappa shape index (κ3) is 5.53. The van der Waals surface area contributed by atoms with Crippen LogP contribution in [0.2, 0.25) is 0 Å². The number of anilines is 1. The van der Waals surface area contributed by atoms with Gasteiger partial charge in [-0.1, -0.05) is 50.1 Å². The first-order valence-corrected chi connectivity index (χ1v) is 11.9. The van der Waals surface area contributed by atoms with Gasteiger partial charge in [0.15, 0.2) is 12.1 Å². The minimum atomic E-state index is -1.10. The van der Waals surface area contributed by atoms with E-state index in [1.165, 1.54) is 0 Å². The van der Waals surface area contributed by atoms with Crippen LogP contribution in [0, 0.1) is 0 Å². The van der Waals surface area contributed by atoms with Crippen molar-refractivity contribution < 1.29 is 14.4 Å². The molecule has 0 saturated carbocycles. The molecule has 2 aromatic rings. The summed E-state index contributed by atoms with van der Waals surface area (Å²) in [5.74, 6) is -0.453. The molecule has 1 fully saturated rings. The van der Waals surface area contributed by atoms with E-state index in [0.29, 0.717) is 12.2 Å². The summed E-state index contributed by atoms with van der Waals surface area (Å²) in [6.45, 7) is 6.05. The molecule has 1 aliphatic heterocycles. The van der Waals surface area contributed by atoms with E-state index in [4.69, 9.17) is 5.73 Å². The largest absolute Gasteiger partial charge is 0.343 e. The van der Waals surface area contributed by atoms with Crippen LogP contribution in [0.3, 0.4) is 0 Å². The predicted octanol–water partition coefficient (Wildman–Crippen LogP) is 1.93. The molecule has 1 saturated heterocycles. The van der Waals surface area contributed by atoms with Gasteiger partial charge in [-0.2, -0.15) is 0 Å². The minimum Gasteiger partial charge on any atom is -0.343 e. The monoisotopic (exact) mass is 468 g/mol. The number of unbranched alkanes of at least 4 members (excludes halogenated alkanes) is 1. The first kappa shape index (κ1) is 25.6. The molecule has 9 nitrogen and oxygen atoms in total. The highest BCUT2D eigenvalue weighted by Crippen LogP contribution is 2.33. The van der Waals surface area contributed by atoms with Gasteiger partial charge in [0, 0.05) is 12.2 Å². The number of carbonyl (C=O) groups is 3. The zero-order chi connectivity index (χ0) is 24.8. The smallest absolute Gasteiger partial charge is 0.248 e. The van der Waals surface area contributed by atoms with Crippen LogP contribution >= 0.6 is 0 Å². The van der Waals surface area contributed by atoms with Gasteiger partial charge in [0.1, 0.15) is 11.6 Å². The molecular formula is C25H36N6O3. The van der Waals surface area contributed by atoms with Gasteiger partial charge in [-0.3, -0.25) is 9.59 Å². The molecule has 184 valence electrons. The predicted molar refractivity (Wildman–Crippen MR) is 131 cm³/mol. The van der Waals surface area contributed by atoms with Crippen LogP contribution in [0.1, 0.15) is 58.4 Å². The molecule has 2 amide bonds. The van der Waals surface area contributed by atoms with Gasteiger partial charge in [-0.15, -0.1) is 0 Å². The summed E-state index contributed by atoms with van der Waals surface area (Å²) >= 11 is 0. The standard InChI is InChI=1S/C25H36N6O3/c1-4-5-12-19(29-23(34)24(2,3)26)22(33)30-21-15-31(17-28-21)25(16-32,20-13-9-14-27-20)18-10-7-6-8-11-18/h6-8,10-11,15-17,19-20,27H,4-5,9,12-14,26H2,1-3H3,(H,29,34)(H,30,33)/t19-,20?,25?/m1/s1. The topological polar surface area (TPSA) is 131 Å². The van der Waals surface area contributed by atoms with Gasteiger partial charge in [0.25, 0.3) is 0 Å². The molecule has 9 heteroatoms. The maximum absolute atomic E-state index is 13.0. The Balaban J connectivity index is 1.86. The van der Waals surface area contributed by atoms with Crippen molar-refractivity contribution in [2.45, 2.75) is 76.0 Å². The fraction of sp³-hybridized carbons (Fsp3) is 0.520. The zero-order valence-electron chi connectivity index (χ0n) is 20.2. The average molecular weight is 469 g/mol. The quantitative estimate of drug-likeness (QED) is 0.373. The molecule has 5 N–H and O–H groups in total. The number of imidazole rings is 1.